The fourth-order valence-corrected chi connectivity index (χ4v) is 3.35. The lowest BCUT2D eigenvalue weighted by molar-refractivity contribution is 0.0697. The molecule has 0 unspecified atom stereocenters. The summed E-state index contributed by atoms with van der Waals surface area (Å²) in [5.41, 5.74) is 2.68. The molecule has 0 aromatic heterocycles. The SMILES string of the molecule is CCOc1cc(CNc2ccc(C(=O)O)cc2)c(Cl)cc1OCc1ccc(Cl)c(Cl)c1. The van der Waals surface area contributed by atoms with E-state index in [1.165, 1.54) is 12.1 Å². The van der Waals surface area contributed by atoms with Crippen molar-refractivity contribution in [1.29, 1.82) is 0 Å². The van der Waals surface area contributed by atoms with E-state index < -0.39 is 5.97 Å². The molecule has 8 heteroatoms. The Morgan fingerprint density at radius 2 is 1.61 bits per heavy atom. The van der Waals surface area contributed by atoms with Crippen LogP contribution in [0.1, 0.15) is 28.4 Å². The predicted molar refractivity (Wildman–Crippen MR) is 124 cm³/mol. The number of carboxylic acids is 1. The number of ether oxygens (including phenoxy) is 2. The van der Waals surface area contributed by atoms with Gasteiger partial charge in [0.2, 0.25) is 0 Å². The van der Waals surface area contributed by atoms with Gasteiger partial charge < -0.3 is 19.9 Å². The Morgan fingerprint density at radius 1 is 0.903 bits per heavy atom. The smallest absolute Gasteiger partial charge is 0.335 e. The van der Waals surface area contributed by atoms with Crippen molar-refractivity contribution in [2.24, 2.45) is 0 Å². The summed E-state index contributed by atoms with van der Waals surface area (Å²) in [5.74, 6) is 0.130. The van der Waals surface area contributed by atoms with E-state index in [9.17, 15) is 4.79 Å². The van der Waals surface area contributed by atoms with Gasteiger partial charge in [-0.2, -0.15) is 0 Å². The first-order chi connectivity index (χ1) is 14.9. The van der Waals surface area contributed by atoms with Crippen molar-refractivity contribution in [2.75, 3.05) is 11.9 Å². The fraction of sp³-hybridized carbons (Fsp3) is 0.174. The van der Waals surface area contributed by atoms with Gasteiger partial charge in [-0.1, -0.05) is 40.9 Å². The molecule has 0 radical (unpaired) electrons. The van der Waals surface area contributed by atoms with Crippen LogP contribution in [0.4, 0.5) is 5.69 Å². The van der Waals surface area contributed by atoms with E-state index in [2.05, 4.69) is 5.32 Å². The molecule has 0 aliphatic rings. The van der Waals surface area contributed by atoms with Gasteiger partial charge in [0, 0.05) is 23.3 Å². The molecule has 2 N–H and O–H groups in total. The highest BCUT2D eigenvalue weighted by Crippen LogP contribution is 2.35. The number of nitrogens with one attached hydrogen (secondary N) is 1. The second-order valence-electron chi connectivity index (χ2n) is 6.60. The van der Waals surface area contributed by atoms with E-state index in [0.29, 0.717) is 39.7 Å². The summed E-state index contributed by atoms with van der Waals surface area (Å²) in [4.78, 5) is 11.0. The lowest BCUT2D eigenvalue weighted by atomic mass is 10.1. The van der Waals surface area contributed by atoms with Crippen molar-refractivity contribution in [2.45, 2.75) is 20.1 Å². The van der Waals surface area contributed by atoms with Crippen molar-refractivity contribution in [1.82, 2.24) is 0 Å². The maximum Gasteiger partial charge on any atom is 0.335 e. The van der Waals surface area contributed by atoms with E-state index in [1.54, 1.807) is 30.3 Å². The van der Waals surface area contributed by atoms with Gasteiger partial charge >= 0.3 is 5.97 Å². The average molecular weight is 481 g/mol. The first-order valence-electron chi connectivity index (χ1n) is 9.46. The standard InChI is InChI=1S/C23H20Cl3NO4/c1-2-30-21-10-16(12-27-17-6-4-15(5-7-17)23(28)29)19(25)11-22(21)31-13-14-3-8-18(24)20(26)9-14/h3-11,27H,2,12-13H2,1H3,(H,28,29). The Bertz CT molecular complexity index is 1070. The molecule has 5 nitrogen and oxygen atoms in total. The molecule has 3 aromatic carbocycles. The van der Waals surface area contributed by atoms with Crippen LogP contribution >= 0.6 is 34.8 Å². The molecule has 0 saturated carbocycles. The molecule has 0 heterocycles. The van der Waals surface area contributed by atoms with Crippen LogP contribution in [0, 0.1) is 0 Å². The van der Waals surface area contributed by atoms with E-state index >= 15 is 0 Å². The highest BCUT2D eigenvalue weighted by molar-refractivity contribution is 6.42. The zero-order valence-electron chi connectivity index (χ0n) is 16.6. The van der Waals surface area contributed by atoms with E-state index in [0.717, 1.165) is 16.8 Å². The summed E-state index contributed by atoms with van der Waals surface area (Å²) in [6, 6.07) is 15.3. The molecular weight excluding hydrogens is 461 g/mol. The highest BCUT2D eigenvalue weighted by atomic mass is 35.5. The van der Waals surface area contributed by atoms with Gasteiger partial charge in [0.25, 0.3) is 0 Å². The first kappa shape index (κ1) is 23.1. The van der Waals surface area contributed by atoms with Crippen molar-refractivity contribution >= 4 is 46.5 Å². The van der Waals surface area contributed by atoms with Gasteiger partial charge in [-0.25, -0.2) is 4.79 Å². The van der Waals surface area contributed by atoms with Crippen LogP contribution in [-0.2, 0) is 13.2 Å². The number of hydrogen-bond donors (Lipinski definition) is 2. The van der Waals surface area contributed by atoms with Crippen LogP contribution in [0.2, 0.25) is 15.1 Å². The van der Waals surface area contributed by atoms with Crippen LogP contribution in [0.3, 0.4) is 0 Å². The van der Waals surface area contributed by atoms with E-state index in [-0.39, 0.29) is 12.2 Å². The summed E-state index contributed by atoms with van der Waals surface area (Å²) >= 11 is 18.5. The molecule has 0 saturated heterocycles. The molecule has 0 atom stereocenters. The first-order valence-corrected chi connectivity index (χ1v) is 10.6. The molecule has 0 spiro atoms. The van der Waals surface area contributed by atoms with Gasteiger partial charge in [-0.3, -0.25) is 0 Å². The summed E-state index contributed by atoms with van der Waals surface area (Å²) in [6.07, 6.45) is 0. The summed E-state index contributed by atoms with van der Waals surface area (Å²) in [7, 11) is 0. The van der Waals surface area contributed by atoms with Crippen LogP contribution in [0.25, 0.3) is 0 Å². The predicted octanol–water partition coefficient (Wildman–Crippen LogP) is 6.93. The van der Waals surface area contributed by atoms with Gasteiger partial charge in [0.05, 0.1) is 22.2 Å². The van der Waals surface area contributed by atoms with Crippen LogP contribution in [-0.4, -0.2) is 17.7 Å². The van der Waals surface area contributed by atoms with Crippen LogP contribution in [0.5, 0.6) is 11.5 Å². The van der Waals surface area contributed by atoms with Crippen molar-refractivity contribution in [3.05, 3.63) is 86.4 Å². The molecule has 3 rings (SSSR count). The largest absolute Gasteiger partial charge is 0.490 e. The van der Waals surface area contributed by atoms with Gasteiger partial charge in [0.15, 0.2) is 11.5 Å². The second-order valence-corrected chi connectivity index (χ2v) is 7.82. The third-order valence-electron chi connectivity index (χ3n) is 4.41. The Morgan fingerprint density at radius 3 is 2.26 bits per heavy atom. The van der Waals surface area contributed by atoms with Crippen molar-refractivity contribution in [3.63, 3.8) is 0 Å². The molecular formula is C23H20Cl3NO4. The Balaban J connectivity index is 1.72. The van der Waals surface area contributed by atoms with Gasteiger partial charge in [0.1, 0.15) is 6.61 Å². The minimum absolute atomic E-state index is 0.227. The number of aromatic carboxylic acids is 1. The Kier molecular flexibility index (Phi) is 7.91. The number of hydrogen-bond acceptors (Lipinski definition) is 4. The summed E-state index contributed by atoms with van der Waals surface area (Å²) in [5, 5.41) is 13.7. The maximum atomic E-state index is 11.0. The fourth-order valence-electron chi connectivity index (χ4n) is 2.81. The quantitative estimate of drug-likeness (QED) is 0.347. The third kappa shape index (κ3) is 6.20. The lowest BCUT2D eigenvalue weighted by Gasteiger charge is -2.16. The number of benzene rings is 3. The minimum atomic E-state index is -0.965. The van der Waals surface area contributed by atoms with Crippen molar-refractivity contribution in [3.8, 4) is 11.5 Å². The van der Waals surface area contributed by atoms with E-state index in [4.69, 9.17) is 49.4 Å². The molecule has 3 aromatic rings. The molecule has 0 bridgehead atoms. The average Bonchev–Trinajstić information content (AvgIpc) is 2.75. The van der Waals surface area contributed by atoms with Crippen LogP contribution in [0.15, 0.2) is 54.6 Å². The Hall–Kier alpha value is -2.60. The highest BCUT2D eigenvalue weighted by Gasteiger charge is 2.12. The number of carboxylic acid groups (broad SMARTS) is 1. The number of rotatable bonds is 9. The summed E-state index contributed by atoms with van der Waals surface area (Å²) < 4.78 is 11.7. The molecule has 0 amide bonds. The zero-order chi connectivity index (χ0) is 22.4. The molecule has 0 aliphatic carbocycles. The summed E-state index contributed by atoms with van der Waals surface area (Å²) in [6.45, 7) is 3.06. The third-order valence-corrected chi connectivity index (χ3v) is 5.50. The zero-order valence-corrected chi connectivity index (χ0v) is 18.9. The molecule has 162 valence electrons. The van der Waals surface area contributed by atoms with E-state index in [1.807, 2.05) is 19.1 Å². The second kappa shape index (κ2) is 10.6. The Labute approximate surface area is 195 Å². The lowest BCUT2D eigenvalue weighted by Crippen LogP contribution is -2.04. The monoisotopic (exact) mass is 479 g/mol. The number of anilines is 1. The normalized spacial score (nSPS) is 10.6. The van der Waals surface area contributed by atoms with Gasteiger partial charge in [-0.05, 0) is 60.5 Å². The number of carbonyl (C=O) groups is 1. The molecule has 31 heavy (non-hydrogen) atoms. The molecule has 0 fully saturated rings. The van der Waals surface area contributed by atoms with Crippen molar-refractivity contribution < 1.29 is 19.4 Å². The maximum absolute atomic E-state index is 11.0. The number of halogens is 3. The molecule has 0 aliphatic heterocycles. The minimum Gasteiger partial charge on any atom is -0.490 e. The van der Waals surface area contributed by atoms with Gasteiger partial charge in [-0.15, -0.1) is 0 Å². The topological polar surface area (TPSA) is 67.8 Å². The van der Waals surface area contributed by atoms with Crippen LogP contribution < -0.4 is 14.8 Å².